The molecule has 30 heavy (non-hydrogen) atoms. The number of aryl methyl sites for hydroxylation is 2. The van der Waals surface area contributed by atoms with Crippen molar-refractivity contribution in [1.29, 1.82) is 0 Å². The van der Waals surface area contributed by atoms with E-state index in [9.17, 15) is 19.2 Å². The van der Waals surface area contributed by atoms with Crippen LogP contribution in [0.15, 0.2) is 70.5 Å². The van der Waals surface area contributed by atoms with Gasteiger partial charge in [0.15, 0.2) is 0 Å². The molecule has 8 nitrogen and oxygen atoms in total. The van der Waals surface area contributed by atoms with Crippen LogP contribution in [0.5, 0.6) is 0 Å². The standard InChI is InChI=1S/C22H22N4O4/c1-25-13-17(7-9-19(25)27)21(29)23-11-15-3-5-16(6-4-15)12-24-22(30)18-8-10-20(28)26(2)14-18/h3-10,13-14H,11-12H2,1-2H3,(H,23,29)(H,24,30). The molecule has 0 saturated heterocycles. The van der Waals surface area contributed by atoms with E-state index in [-0.39, 0.29) is 22.9 Å². The summed E-state index contributed by atoms with van der Waals surface area (Å²) >= 11 is 0. The second-order valence-corrected chi connectivity index (χ2v) is 6.92. The molecule has 0 aliphatic rings. The molecule has 3 aromatic rings. The first-order valence-electron chi connectivity index (χ1n) is 9.31. The van der Waals surface area contributed by atoms with Crippen LogP contribution in [0.2, 0.25) is 0 Å². The third-order valence-electron chi connectivity index (χ3n) is 4.63. The van der Waals surface area contributed by atoms with Crippen LogP contribution in [0.3, 0.4) is 0 Å². The minimum absolute atomic E-state index is 0.175. The summed E-state index contributed by atoms with van der Waals surface area (Å²) in [7, 11) is 3.19. The number of amides is 2. The Morgan fingerprint density at radius 3 is 1.37 bits per heavy atom. The highest BCUT2D eigenvalue weighted by Crippen LogP contribution is 2.06. The highest BCUT2D eigenvalue weighted by Gasteiger charge is 2.08. The second-order valence-electron chi connectivity index (χ2n) is 6.92. The Labute approximate surface area is 172 Å². The van der Waals surface area contributed by atoms with E-state index in [0.717, 1.165) is 11.1 Å². The average Bonchev–Trinajstić information content (AvgIpc) is 2.74. The first kappa shape index (κ1) is 20.8. The SMILES string of the molecule is Cn1cc(C(=O)NCc2ccc(CNC(=O)c3ccc(=O)n(C)c3)cc2)ccc1=O. The number of rotatable bonds is 6. The van der Waals surface area contributed by atoms with Crippen LogP contribution in [-0.4, -0.2) is 20.9 Å². The molecule has 1 aromatic carbocycles. The summed E-state index contributed by atoms with van der Waals surface area (Å²) in [6, 6.07) is 13.2. The predicted octanol–water partition coefficient (Wildman–Crippen LogP) is 0.944. The van der Waals surface area contributed by atoms with Gasteiger partial charge in [0.1, 0.15) is 0 Å². The van der Waals surface area contributed by atoms with Crippen molar-refractivity contribution in [2.75, 3.05) is 0 Å². The van der Waals surface area contributed by atoms with Crippen LogP contribution in [0.4, 0.5) is 0 Å². The Balaban J connectivity index is 1.53. The lowest BCUT2D eigenvalue weighted by molar-refractivity contribution is 0.0941. The van der Waals surface area contributed by atoms with Gasteiger partial charge in [-0.05, 0) is 23.3 Å². The third-order valence-corrected chi connectivity index (χ3v) is 4.63. The number of pyridine rings is 2. The van der Waals surface area contributed by atoms with Crippen molar-refractivity contribution in [2.24, 2.45) is 14.1 Å². The molecule has 0 unspecified atom stereocenters. The van der Waals surface area contributed by atoms with E-state index in [1.54, 1.807) is 14.1 Å². The van der Waals surface area contributed by atoms with E-state index in [1.165, 1.54) is 45.8 Å². The second kappa shape index (κ2) is 9.04. The van der Waals surface area contributed by atoms with Gasteiger partial charge in [0.2, 0.25) is 11.1 Å². The number of hydrogen-bond acceptors (Lipinski definition) is 4. The quantitative estimate of drug-likeness (QED) is 0.636. The minimum Gasteiger partial charge on any atom is -0.348 e. The molecule has 0 bridgehead atoms. The Kier molecular flexibility index (Phi) is 6.26. The van der Waals surface area contributed by atoms with Gasteiger partial charge in [0.25, 0.3) is 11.8 Å². The van der Waals surface area contributed by atoms with Crippen molar-refractivity contribution in [1.82, 2.24) is 19.8 Å². The van der Waals surface area contributed by atoms with Crippen molar-refractivity contribution in [3.8, 4) is 0 Å². The van der Waals surface area contributed by atoms with Gasteiger partial charge in [-0.15, -0.1) is 0 Å². The van der Waals surface area contributed by atoms with Crippen molar-refractivity contribution in [3.05, 3.63) is 104 Å². The Bertz CT molecular complexity index is 1100. The molecule has 2 heterocycles. The molecule has 0 fully saturated rings. The van der Waals surface area contributed by atoms with Gasteiger partial charge < -0.3 is 19.8 Å². The number of carbonyl (C=O) groups excluding carboxylic acids is 2. The highest BCUT2D eigenvalue weighted by atomic mass is 16.2. The molecule has 0 spiro atoms. The van der Waals surface area contributed by atoms with Gasteiger partial charge >= 0.3 is 0 Å². The van der Waals surface area contributed by atoms with E-state index in [0.29, 0.717) is 24.2 Å². The van der Waals surface area contributed by atoms with Crippen LogP contribution in [0.25, 0.3) is 0 Å². The summed E-state index contributed by atoms with van der Waals surface area (Å²) in [5.74, 6) is -0.529. The first-order chi connectivity index (χ1) is 14.3. The fraction of sp³-hybridized carbons (Fsp3) is 0.182. The van der Waals surface area contributed by atoms with Crippen molar-refractivity contribution < 1.29 is 9.59 Å². The summed E-state index contributed by atoms with van der Waals surface area (Å²) < 4.78 is 2.71. The molecule has 3 rings (SSSR count). The molecule has 2 N–H and O–H groups in total. The first-order valence-corrected chi connectivity index (χ1v) is 9.31. The van der Waals surface area contributed by atoms with Crippen molar-refractivity contribution >= 4 is 11.8 Å². The molecule has 0 radical (unpaired) electrons. The van der Waals surface area contributed by atoms with Gasteiger partial charge in [-0.3, -0.25) is 19.2 Å². The van der Waals surface area contributed by atoms with Crippen molar-refractivity contribution in [2.45, 2.75) is 13.1 Å². The van der Waals surface area contributed by atoms with E-state index >= 15 is 0 Å². The van der Waals surface area contributed by atoms with E-state index in [1.807, 2.05) is 24.3 Å². The summed E-state index contributed by atoms with van der Waals surface area (Å²) in [5, 5.41) is 5.62. The Morgan fingerprint density at radius 1 is 0.667 bits per heavy atom. The maximum Gasteiger partial charge on any atom is 0.253 e. The van der Waals surface area contributed by atoms with Gasteiger partial charge in [0.05, 0.1) is 11.1 Å². The third kappa shape index (κ3) is 5.11. The lowest BCUT2D eigenvalue weighted by atomic mass is 10.1. The van der Waals surface area contributed by atoms with E-state index in [4.69, 9.17) is 0 Å². The highest BCUT2D eigenvalue weighted by molar-refractivity contribution is 5.94. The smallest absolute Gasteiger partial charge is 0.253 e. The molecule has 0 saturated carbocycles. The fourth-order valence-corrected chi connectivity index (χ4v) is 2.80. The zero-order chi connectivity index (χ0) is 21.7. The molecule has 0 atom stereocenters. The topological polar surface area (TPSA) is 102 Å². The number of nitrogens with zero attached hydrogens (tertiary/aromatic N) is 2. The van der Waals surface area contributed by atoms with Gasteiger partial charge in [0, 0.05) is 51.7 Å². The van der Waals surface area contributed by atoms with Gasteiger partial charge in [-0.25, -0.2) is 0 Å². The lowest BCUT2D eigenvalue weighted by Gasteiger charge is -2.09. The molecule has 0 aliphatic carbocycles. The molecule has 0 aliphatic heterocycles. The summed E-state index contributed by atoms with van der Waals surface area (Å²) in [5.41, 5.74) is 2.28. The minimum atomic E-state index is -0.265. The lowest BCUT2D eigenvalue weighted by Crippen LogP contribution is -2.26. The van der Waals surface area contributed by atoms with Crippen LogP contribution in [-0.2, 0) is 27.2 Å². The zero-order valence-corrected chi connectivity index (χ0v) is 16.7. The molecule has 154 valence electrons. The largest absolute Gasteiger partial charge is 0.348 e. The van der Waals surface area contributed by atoms with E-state index in [2.05, 4.69) is 10.6 Å². The molecular weight excluding hydrogens is 384 g/mol. The number of nitrogens with one attached hydrogen (secondary N) is 2. The van der Waals surface area contributed by atoms with Gasteiger partial charge in [-0.2, -0.15) is 0 Å². The maximum atomic E-state index is 12.2. The number of carbonyl (C=O) groups is 2. The van der Waals surface area contributed by atoms with Gasteiger partial charge in [-0.1, -0.05) is 24.3 Å². The molecule has 2 amide bonds. The van der Waals surface area contributed by atoms with Crippen LogP contribution in [0.1, 0.15) is 31.8 Å². The van der Waals surface area contributed by atoms with Crippen LogP contribution >= 0.6 is 0 Å². The predicted molar refractivity (Wildman–Crippen MR) is 112 cm³/mol. The normalized spacial score (nSPS) is 10.5. The van der Waals surface area contributed by atoms with E-state index < -0.39 is 0 Å². The number of aromatic nitrogens is 2. The summed E-state index contributed by atoms with van der Waals surface area (Å²) in [6.45, 7) is 0.679. The average molecular weight is 406 g/mol. The molecule has 2 aromatic heterocycles. The number of hydrogen-bond donors (Lipinski definition) is 2. The summed E-state index contributed by atoms with van der Waals surface area (Å²) in [4.78, 5) is 47.2. The van der Waals surface area contributed by atoms with Crippen LogP contribution < -0.4 is 21.8 Å². The monoisotopic (exact) mass is 406 g/mol. The fourth-order valence-electron chi connectivity index (χ4n) is 2.80. The summed E-state index contributed by atoms with van der Waals surface area (Å²) in [6.07, 6.45) is 2.99. The van der Waals surface area contributed by atoms with Crippen molar-refractivity contribution in [3.63, 3.8) is 0 Å². The maximum absolute atomic E-state index is 12.2. The van der Waals surface area contributed by atoms with Crippen LogP contribution in [0, 0.1) is 0 Å². The Hall–Kier alpha value is -3.94. The number of benzene rings is 1. The molecular formula is C22H22N4O4. The molecule has 8 heteroatoms. The Morgan fingerprint density at radius 2 is 1.03 bits per heavy atom. The zero-order valence-electron chi connectivity index (χ0n) is 16.7.